The van der Waals surface area contributed by atoms with Crippen LogP contribution in [0.4, 0.5) is 4.39 Å². The minimum atomic E-state index is -1.74. The third-order valence-corrected chi connectivity index (χ3v) is 4.13. The molecule has 2 aromatic carbocycles. The second-order valence-corrected chi connectivity index (χ2v) is 11.4. The topological polar surface area (TPSA) is 30.8 Å². The molecule has 0 aromatic heterocycles. The fourth-order valence-electron chi connectivity index (χ4n) is 1.86. The Balaban J connectivity index is 2.21. The van der Waals surface area contributed by atoms with Crippen LogP contribution in [0.25, 0.3) is 0 Å². The van der Waals surface area contributed by atoms with Crippen LogP contribution in [0.3, 0.4) is 0 Å². The molecule has 6 heteroatoms. The molecule has 0 amide bonds. The van der Waals surface area contributed by atoms with Crippen molar-refractivity contribution in [2.45, 2.75) is 19.6 Å². The molecule has 0 unspecified atom stereocenters. The average Bonchev–Trinajstić information content (AvgIpc) is 2.48. The first-order chi connectivity index (χ1) is 11.2. The van der Waals surface area contributed by atoms with Gasteiger partial charge in [-0.1, -0.05) is 15.9 Å². The van der Waals surface area contributed by atoms with Crippen molar-refractivity contribution in [3.63, 3.8) is 0 Å². The second-order valence-electron chi connectivity index (χ2n) is 6.10. The Morgan fingerprint density at radius 3 is 2.46 bits per heavy atom. The van der Waals surface area contributed by atoms with Gasteiger partial charge in [0, 0.05) is 16.3 Å². The van der Waals surface area contributed by atoms with Crippen molar-refractivity contribution < 1.29 is 13.6 Å². The van der Waals surface area contributed by atoms with Crippen molar-refractivity contribution in [2.24, 2.45) is 4.99 Å². The van der Waals surface area contributed by atoms with Gasteiger partial charge < -0.3 is 9.16 Å². The minimum absolute atomic E-state index is 0.306. The van der Waals surface area contributed by atoms with Crippen LogP contribution in [0, 0.1) is 5.82 Å². The molecule has 126 valence electrons. The van der Waals surface area contributed by atoms with Crippen molar-refractivity contribution in [2.75, 3.05) is 0 Å². The smallest absolute Gasteiger partial charge is 0.244 e. The summed E-state index contributed by atoms with van der Waals surface area (Å²) in [5.41, 5.74) is 0.758. The molecule has 0 spiro atoms. The number of hydrogen-bond acceptors (Lipinski definition) is 3. The Kier molecular flexibility index (Phi) is 5.96. The first kappa shape index (κ1) is 18.4. The Morgan fingerprint density at radius 2 is 1.83 bits per heavy atom. The van der Waals surface area contributed by atoms with E-state index in [0.717, 1.165) is 10.0 Å². The van der Waals surface area contributed by atoms with Gasteiger partial charge in [-0.05, 0) is 68.7 Å². The van der Waals surface area contributed by atoms with E-state index in [9.17, 15) is 4.39 Å². The summed E-state index contributed by atoms with van der Waals surface area (Å²) in [6.45, 7) is 10.0. The van der Waals surface area contributed by atoms with Gasteiger partial charge in [0.25, 0.3) is 0 Å². The van der Waals surface area contributed by atoms with Gasteiger partial charge in [-0.25, -0.2) is 9.38 Å². The zero-order valence-electron chi connectivity index (χ0n) is 13.8. The summed E-state index contributed by atoms with van der Waals surface area (Å²) in [6.07, 6.45) is 1.64. The van der Waals surface area contributed by atoms with Crippen molar-refractivity contribution in [3.8, 4) is 11.5 Å². The van der Waals surface area contributed by atoms with Crippen molar-refractivity contribution >= 4 is 30.5 Å². The second kappa shape index (κ2) is 7.77. The molecular weight excluding hydrogens is 389 g/mol. The first-order valence-electron chi connectivity index (χ1n) is 7.38. The summed E-state index contributed by atoms with van der Waals surface area (Å²) in [6, 6.07) is 11.4. The zero-order valence-corrected chi connectivity index (χ0v) is 16.4. The molecular formula is C18H19BrFNO2Si. The van der Waals surface area contributed by atoms with E-state index in [-0.39, 0.29) is 5.82 Å². The Bertz CT molecular complexity index is 755. The molecule has 2 rings (SSSR count). The first-order valence-corrected chi connectivity index (χ1v) is 11.6. The molecule has 0 aliphatic rings. The van der Waals surface area contributed by atoms with E-state index in [2.05, 4.69) is 47.1 Å². The molecule has 0 aliphatic carbocycles. The normalized spacial score (nSPS) is 11.5. The molecule has 24 heavy (non-hydrogen) atoms. The van der Waals surface area contributed by atoms with Crippen LogP contribution in [0.15, 0.2) is 64.4 Å². The van der Waals surface area contributed by atoms with Crippen LogP contribution in [-0.4, -0.2) is 14.5 Å². The Hall–Kier alpha value is -1.92. The number of rotatable bonds is 6. The van der Waals surface area contributed by atoms with Crippen LogP contribution < -0.4 is 4.74 Å². The average molecular weight is 408 g/mol. The standard InChI is InChI=1S/C18H19BrFNO2Si/c1-13(23-24(2,3)4)21-12-14-11-15(19)5-10-18(14)22-17-8-6-16(20)7-9-17/h5-12H,1H2,2-4H3. The van der Waals surface area contributed by atoms with E-state index < -0.39 is 8.32 Å². The number of nitrogens with zero attached hydrogens (tertiary/aromatic N) is 1. The summed E-state index contributed by atoms with van der Waals surface area (Å²) in [4.78, 5) is 4.27. The largest absolute Gasteiger partial charge is 0.532 e. The number of hydrogen-bond donors (Lipinski definition) is 0. The summed E-state index contributed by atoms with van der Waals surface area (Å²) < 4.78 is 25.4. The van der Waals surface area contributed by atoms with Crippen LogP contribution in [0.5, 0.6) is 11.5 Å². The molecule has 3 nitrogen and oxygen atoms in total. The highest BCUT2D eigenvalue weighted by atomic mass is 79.9. The van der Waals surface area contributed by atoms with Crippen molar-refractivity contribution in [3.05, 3.63) is 70.8 Å². The summed E-state index contributed by atoms with van der Waals surface area (Å²) in [5, 5.41) is 0. The summed E-state index contributed by atoms with van der Waals surface area (Å²) in [7, 11) is -1.74. The summed E-state index contributed by atoms with van der Waals surface area (Å²) >= 11 is 3.43. The van der Waals surface area contributed by atoms with Gasteiger partial charge in [-0.3, -0.25) is 0 Å². The van der Waals surface area contributed by atoms with E-state index >= 15 is 0 Å². The number of halogens is 2. The van der Waals surface area contributed by atoms with Gasteiger partial charge in [-0.2, -0.15) is 0 Å². The number of aliphatic imine (C=N–C) groups is 1. The predicted octanol–water partition coefficient (Wildman–Crippen LogP) is 6.12. The van der Waals surface area contributed by atoms with Gasteiger partial charge in [0.15, 0.2) is 5.88 Å². The molecule has 0 saturated carbocycles. The lowest BCUT2D eigenvalue weighted by Crippen LogP contribution is -2.24. The van der Waals surface area contributed by atoms with Gasteiger partial charge in [0.05, 0.1) is 0 Å². The number of ether oxygens (including phenoxy) is 1. The highest BCUT2D eigenvalue weighted by Gasteiger charge is 2.16. The van der Waals surface area contributed by atoms with Gasteiger partial charge in [0.1, 0.15) is 17.3 Å². The Morgan fingerprint density at radius 1 is 1.17 bits per heavy atom. The van der Waals surface area contributed by atoms with E-state index in [4.69, 9.17) is 9.16 Å². The predicted molar refractivity (Wildman–Crippen MR) is 102 cm³/mol. The lowest BCUT2D eigenvalue weighted by Gasteiger charge is -2.18. The third kappa shape index (κ3) is 5.94. The van der Waals surface area contributed by atoms with Crippen LogP contribution in [0.1, 0.15) is 5.56 Å². The SMILES string of the molecule is C=C(N=Cc1cc(Br)ccc1Oc1ccc(F)cc1)O[Si](C)(C)C. The van der Waals surface area contributed by atoms with Gasteiger partial charge in [0.2, 0.25) is 8.32 Å². The lowest BCUT2D eigenvalue weighted by molar-refractivity contribution is 0.421. The highest BCUT2D eigenvalue weighted by Crippen LogP contribution is 2.27. The lowest BCUT2D eigenvalue weighted by atomic mass is 10.2. The van der Waals surface area contributed by atoms with E-state index in [1.54, 1.807) is 18.3 Å². The number of benzene rings is 2. The van der Waals surface area contributed by atoms with Crippen molar-refractivity contribution in [1.29, 1.82) is 0 Å². The molecule has 0 atom stereocenters. The maximum absolute atomic E-state index is 13.0. The molecule has 0 radical (unpaired) electrons. The zero-order chi connectivity index (χ0) is 17.7. The maximum Gasteiger partial charge on any atom is 0.244 e. The molecule has 0 heterocycles. The molecule has 0 bridgehead atoms. The molecule has 0 saturated heterocycles. The van der Waals surface area contributed by atoms with Gasteiger partial charge >= 0.3 is 0 Å². The molecule has 0 N–H and O–H groups in total. The van der Waals surface area contributed by atoms with Crippen LogP contribution >= 0.6 is 15.9 Å². The van der Waals surface area contributed by atoms with E-state index in [1.165, 1.54) is 12.1 Å². The highest BCUT2D eigenvalue weighted by molar-refractivity contribution is 9.10. The molecule has 2 aromatic rings. The van der Waals surface area contributed by atoms with Crippen LogP contribution in [0.2, 0.25) is 19.6 Å². The minimum Gasteiger partial charge on any atom is -0.532 e. The molecule has 0 aliphatic heterocycles. The van der Waals surface area contributed by atoms with Crippen LogP contribution in [-0.2, 0) is 4.43 Å². The quantitative estimate of drug-likeness (QED) is 0.327. The fourth-order valence-corrected chi connectivity index (χ4v) is 3.00. The maximum atomic E-state index is 13.0. The van der Waals surface area contributed by atoms with Crippen molar-refractivity contribution in [1.82, 2.24) is 0 Å². The van der Waals surface area contributed by atoms with E-state index in [0.29, 0.717) is 17.4 Å². The summed E-state index contributed by atoms with van der Waals surface area (Å²) in [5.74, 6) is 1.22. The Labute approximate surface area is 151 Å². The van der Waals surface area contributed by atoms with E-state index in [1.807, 2.05) is 18.2 Å². The molecule has 0 fully saturated rings. The van der Waals surface area contributed by atoms with Gasteiger partial charge in [-0.15, -0.1) is 0 Å². The monoisotopic (exact) mass is 407 g/mol. The third-order valence-electron chi connectivity index (χ3n) is 2.78. The fraction of sp³-hybridized carbons (Fsp3) is 0.167.